The molecule has 1 unspecified atom stereocenters. The van der Waals surface area contributed by atoms with Crippen LogP contribution in [0, 0.1) is 13.8 Å². The molecule has 0 aliphatic rings. The van der Waals surface area contributed by atoms with E-state index in [2.05, 4.69) is 44.3 Å². The SMILES string of the molecule is CNC(C)c1cc(C)ccc1C.Cl. The van der Waals surface area contributed by atoms with Crippen LogP contribution in [-0.2, 0) is 0 Å². The minimum absolute atomic E-state index is 0. The molecule has 0 bridgehead atoms. The van der Waals surface area contributed by atoms with Crippen LogP contribution in [0.5, 0.6) is 0 Å². The van der Waals surface area contributed by atoms with Gasteiger partial charge in [0.25, 0.3) is 0 Å². The second kappa shape index (κ2) is 5.25. The molecule has 0 spiro atoms. The lowest BCUT2D eigenvalue weighted by atomic mass is 10.0. The van der Waals surface area contributed by atoms with Gasteiger partial charge in [-0.25, -0.2) is 0 Å². The first-order valence-electron chi connectivity index (χ1n) is 4.39. The molecule has 74 valence electrons. The van der Waals surface area contributed by atoms with Crippen LogP contribution in [0.3, 0.4) is 0 Å². The molecule has 0 amide bonds. The lowest BCUT2D eigenvalue weighted by molar-refractivity contribution is 0.648. The molecule has 0 saturated carbocycles. The van der Waals surface area contributed by atoms with E-state index in [1.165, 1.54) is 16.7 Å². The Morgan fingerprint density at radius 2 is 1.85 bits per heavy atom. The van der Waals surface area contributed by atoms with Gasteiger partial charge in [-0.2, -0.15) is 0 Å². The van der Waals surface area contributed by atoms with Crippen molar-refractivity contribution in [2.24, 2.45) is 0 Å². The van der Waals surface area contributed by atoms with Gasteiger partial charge in [0.05, 0.1) is 0 Å². The molecule has 0 saturated heterocycles. The predicted molar refractivity (Wildman–Crippen MR) is 60.6 cm³/mol. The maximum absolute atomic E-state index is 3.25. The third-order valence-electron chi connectivity index (χ3n) is 2.33. The zero-order chi connectivity index (χ0) is 9.14. The Balaban J connectivity index is 0.00000144. The molecule has 13 heavy (non-hydrogen) atoms. The highest BCUT2D eigenvalue weighted by atomic mass is 35.5. The van der Waals surface area contributed by atoms with Gasteiger partial charge in [0.15, 0.2) is 0 Å². The summed E-state index contributed by atoms with van der Waals surface area (Å²) in [5, 5.41) is 3.25. The van der Waals surface area contributed by atoms with Gasteiger partial charge in [0, 0.05) is 6.04 Å². The summed E-state index contributed by atoms with van der Waals surface area (Å²) in [5.41, 5.74) is 4.10. The number of hydrogen-bond acceptors (Lipinski definition) is 1. The number of benzene rings is 1. The Morgan fingerprint density at radius 1 is 1.23 bits per heavy atom. The Morgan fingerprint density at radius 3 is 2.38 bits per heavy atom. The van der Waals surface area contributed by atoms with Crippen molar-refractivity contribution in [2.75, 3.05) is 7.05 Å². The third-order valence-corrected chi connectivity index (χ3v) is 2.33. The molecule has 0 fully saturated rings. The second-order valence-corrected chi connectivity index (χ2v) is 3.37. The quantitative estimate of drug-likeness (QED) is 0.772. The summed E-state index contributed by atoms with van der Waals surface area (Å²) in [5.74, 6) is 0. The molecular weight excluding hydrogens is 182 g/mol. The Hall–Kier alpha value is -0.530. The van der Waals surface area contributed by atoms with Gasteiger partial charge in [-0.3, -0.25) is 0 Å². The van der Waals surface area contributed by atoms with Gasteiger partial charge in [-0.15, -0.1) is 12.4 Å². The van der Waals surface area contributed by atoms with Gasteiger partial charge in [0.1, 0.15) is 0 Å². The number of hydrogen-bond donors (Lipinski definition) is 1. The summed E-state index contributed by atoms with van der Waals surface area (Å²) in [4.78, 5) is 0. The van der Waals surface area contributed by atoms with Crippen LogP contribution in [0.1, 0.15) is 29.7 Å². The highest BCUT2D eigenvalue weighted by Crippen LogP contribution is 2.17. The van der Waals surface area contributed by atoms with E-state index in [-0.39, 0.29) is 12.4 Å². The predicted octanol–water partition coefficient (Wildman–Crippen LogP) is 3.01. The van der Waals surface area contributed by atoms with E-state index in [0.29, 0.717) is 6.04 Å². The van der Waals surface area contributed by atoms with Crippen LogP contribution in [0.2, 0.25) is 0 Å². The first-order chi connectivity index (χ1) is 5.65. The fourth-order valence-electron chi connectivity index (χ4n) is 1.38. The van der Waals surface area contributed by atoms with Gasteiger partial charge in [-0.1, -0.05) is 23.8 Å². The molecule has 1 N–H and O–H groups in total. The van der Waals surface area contributed by atoms with E-state index >= 15 is 0 Å². The zero-order valence-electron chi connectivity index (χ0n) is 8.72. The molecule has 1 aromatic carbocycles. The monoisotopic (exact) mass is 199 g/mol. The minimum atomic E-state index is 0. The summed E-state index contributed by atoms with van der Waals surface area (Å²) in [6, 6.07) is 7.03. The topological polar surface area (TPSA) is 12.0 Å². The summed E-state index contributed by atoms with van der Waals surface area (Å²) in [6.07, 6.45) is 0. The van der Waals surface area contributed by atoms with E-state index in [1.54, 1.807) is 0 Å². The van der Waals surface area contributed by atoms with E-state index in [9.17, 15) is 0 Å². The van der Waals surface area contributed by atoms with E-state index < -0.39 is 0 Å². The van der Waals surface area contributed by atoms with Crippen LogP contribution in [-0.4, -0.2) is 7.05 Å². The normalized spacial score (nSPS) is 12.0. The number of halogens is 1. The van der Waals surface area contributed by atoms with Crippen molar-refractivity contribution in [1.29, 1.82) is 0 Å². The summed E-state index contributed by atoms with van der Waals surface area (Å²) in [6.45, 7) is 6.47. The van der Waals surface area contributed by atoms with Crippen LogP contribution in [0.25, 0.3) is 0 Å². The average molecular weight is 200 g/mol. The Kier molecular flexibility index (Phi) is 5.04. The third kappa shape index (κ3) is 3.02. The maximum atomic E-state index is 3.25. The molecule has 1 aromatic rings. The average Bonchev–Trinajstić information content (AvgIpc) is 2.08. The van der Waals surface area contributed by atoms with Crippen molar-refractivity contribution in [3.8, 4) is 0 Å². The molecule has 0 aromatic heterocycles. The highest BCUT2D eigenvalue weighted by Gasteiger charge is 2.04. The van der Waals surface area contributed by atoms with Crippen molar-refractivity contribution >= 4 is 12.4 Å². The molecular formula is C11H18ClN. The fraction of sp³-hybridized carbons (Fsp3) is 0.455. The highest BCUT2D eigenvalue weighted by molar-refractivity contribution is 5.85. The van der Waals surface area contributed by atoms with Crippen LogP contribution in [0.15, 0.2) is 18.2 Å². The molecule has 0 radical (unpaired) electrons. The van der Waals surface area contributed by atoms with E-state index in [1.807, 2.05) is 7.05 Å². The van der Waals surface area contributed by atoms with Gasteiger partial charge in [-0.05, 0) is 38.9 Å². The Bertz CT molecular complexity index is 271. The van der Waals surface area contributed by atoms with Crippen LogP contribution >= 0.6 is 12.4 Å². The molecule has 1 atom stereocenters. The number of aryl methyl sites for hydroxylation is 2. The van der Waals surface area contributed by atoms with Gasteiger partial charge < -0.3 is 5.32 Å². The smallest absolute Gasteiger partial charge is 0.0291 e. The van der Waals surface area contributed by atoms with Crippen LogP contribution < -0.4 is 5.32 Å². The molecule has 1 nitrogen and oxygen atoms in total. The first-order valence-corrected chi connectivity index (χ1v) is 4.39. The lowest BCUT2D eigenvalue weighted by Gasteiger charge is -2.14. The van der Waals surface area contributed by atoms with Crippen LogP contribution in [0.4, 0.5) is 0 Å². The fourth-order valence-corrected chi connectivity index (χ4v) is 1.38. The standard InChI is InChI=1S/C11H17N.ClH/c1-8-5-6-9(2)11(7-8)10(3)12-4;/h5-7,10,12H,1-4H3;1H. The molecule has 0 heterocycles. The number of rotatable bonds is 2. The minimum Gasteiger partial charge on any atom is -0.313 e. The summed E-state index contributed by atoms with van der Waals surface area (Å²) < 4.78 is 0. The second-order valence-electron chi connectivity index (χ2n) is 3.37. The van der Waals surface area contributed by atoms with Crippen molar-refractivity contribution in [2.45, 2.75) is 26.8 Å². The van der Waals surface area contributed by atoms with Crippen molar-refractivity contribution in [1.82, 2.24) is 5.32 Å². The van der Waals surface area contributed by atoms with E-state index in [0.717, 1.165) is 0 Å². The maximum Gasteiger partial charge on any atom is 0.0291 e. The Labute approximate surface area is 87.0 Å². The zero-order valence-corrected chi connectivity index (χ0v) is 9.53. The van der Waals surface area contributed by atoms with E-state index in [4.69, 9.17) is 0 Å². The summed E-state index contributed by atoms with van der Waals surface area (Å²) in [7, 11) is 1.99. The molecule has 1 rings (SSSR count). The molecule has 0 aliphatic carbocycles. The largest absolute Gasteiger partial charge is 0.313 e. The first kappa shape index (κ1) is 12.5. The van der Waals surface area contributed by atoms with Crippen molar-refractivity contribution < 1.29 is 0 Å². The molecule has 0 aliphatic heterocycles. The molecule has 2 heteroatoms. The lowest BCUT2D eigenvalue weighted by Crippen LogP contribution is -2.13. The van der Waals surface area contributed by atoms with Gasteiger partial charge in [0.2, 0.25) is 0 Å². The van der Waals surface area contributed by atoms with Crippen molar-refractivity contribution in [3.05, 3.63) is 34.9 Å². The van der Waals surface area contributed by atoms with Gasteiger partial charge >= 0.3 is 0 Å². The van der Waals surface area contributed by atoms with Crippen molar-refractivity contribution in [3.63, 3.8) is 0 Å². The number of nitrogens with one attached hydrogen (secondary N) is 1. The summed E-state index contributed by atoms with van der Waals surface area (Å²) >= 11 is 0.